The summed E-state index contributed by atoms with van der Waals surface area (Å²) in [6.45, 7) is 6.02. The molecule has 3 heteroatoms. The molecule has 1 aliphatic carbocycles. The Hall–Kier alpha value is -0.540. The molecule has 0 unspecified atom stereocenters. The van der Waals surface area contributed by atoms with Gasteiger partial charge in [0.25, 0.3) is 0 Å². The monoisotopic (exact) mass is 153 g/mol. The van der Waals surface area contributed by atoms with Gasteiger partial charge in [-0.15, -0.1) is 0 Å². The number of nitrogens with zero attached hydrogens (tertiary/aromatic N) is 1. The van der Waals surface area contributed by atoms with Crippen LogP contribution in [0.3, 0.4) is 0 Å². The van der Waals surface area contributed by atoms with Crippen molar-refractivity contribution in [3.05, 3.63) is 12.8 Å². The van der Waals surface area contributed by atoms with Gasteiger partial charge in [0.05, 0.1) is 0 Å². The van der Waals surface area contributed by atoms with Crippen LogP contribution in [0.15, 0.2) is 12.8 Å². The average molecular weight is 153 g/mol. The van der Waals surface area contributed by atoms with E-state index in [1.54, 1.807) is 11.2 Å². The van der Waals surface area contributed by atoms with E-state index in [0.29, 0.717) is 11.5 Å². The molecule has 2 rings (SSSR count). The molecular weight excluding hydrogens is 138 g/mol. The van der Waals surface area contributed by atoms with Gasteiger partial charge in [0.15, 0.2) is 0 Å². The second-order valence-corrected chi connectivity index (χ2v) is 3.80. The van der Waals surface area contributed by atoms with E-state index in [9.17, 15) is 0 Å². The minimum Gasteiger partial charge on any atom is -0.316 e. The molecule has 11 heavy (non-hydrogen) atoms. The minimum atomic E-state index is 0.551. The second kappa shape index (κ2) is 2.22. The van der Waals surface area contributed by atoms with Crippen LogP contribution in [0.4, 0.5) is 0 Å². The molecule has 0 aromatic carbocycles. The average Bonchev–Trinajstić information content (AvgIpc) is 1.81. The van der Waals surface area contributed by atoms with Crippen LogP contribution in [0.5, 0.6) is 0 Å². The van der Waals surface area contributed by atoms with Crippen LogP contribution < -0.4 is 11.2 Å². The number of hydrogen-bond acceptors (Lipinski definition) is 3. The summed E-state index contributed by atoms with van der Waals surface area (Å²) in [5.74, 6) is 5.67. The summed E-state index contributed by atoms with van der Waals surface area (Å²) in [6, 6.07) is 0.551. The number of nitrogens with two attached hydrogens (primary N) is 1. The molecule has 3 N–H and O–H groups in total. The zero-order valence-corrected chi connectivity index (χ0v) is 6.71. The first-order valence-electron chi connectivity index (χ1n) is 4.12. The van der Waals surface area contributed by atoms with Gasteiger partial charge in [0.2, 0.25) is 0 Å². The maximum absolute atomic E-state index is 5.67. The number of hydrogen-bond donors (Lipinski definition) is 2. The highest BCUT2D eigenvalue weighted by Gasteiger charge is 2.49. The topological polar surface area (TPSA) is 41.3 Å². The summed E-state index contributed by atoms with van der Waals surface area (Å²) in [5, 5.41) is 5.04. The maximum atomic E-state index is 5.67. The van der Waals surface area contributed by atoms with E-state index in [2.05, 4.69) is 11.9 Å². The van der Waals surface area contributed by atoms with Crippen LogP contribution in [-0.4, -0.2) is 24.1 Å². The van der Waals surface area contributed by atoms with Crippen molar-refractivity contribution in [1.82, 2.24) is 10.3 Å². The normalized spacial score (nSPS) is 27.4. The van der Waals surface area contributed by atoms with E-state index in [1.807, 2.05) is 0 Å². The summed E-state index contributed by atoms with van der Waals surface area (Å²) >= 11 is 0. The van der Waals surface area contributed by atoms with Crippen LogP contribution >= 0.6 is 0 Å². The van der Waals surface area contributed by atoms with Crippen molar-refractivity contribution >= 4 is 0 Å². The van der Waals surface area contributed by atoms with Crippen LogP contribution in [-0.2, 0) is 0 Å². The molecule has 0 bridgehead atoms. The van der Waals surface area contributed by atoms with Gasteiger partial charge in [0.1, 0.15) is 0 Å². The van der Waals surface area contributed by atoms with Crippen molar-refractivity contribution < 1.29 is 0 Å². The first-order valence-corrected chi connectivity index (χ1v) is 4.12. The Labute approximate surface area is 67.2 Å². The minimum absolute atomic E-state index is 0.551. The first-order chi connectivity index (χ1) is 5.26. The SMILES string of the molecule is C=CN(N)C1CC2(CNC2)C1. The first kappa shape index (κ1) is 7.13. The summed E-state index contributed by atoms with van der Waals surface area (Å²) in [4.78, 5) is 0. The fourth-order valence-corrected chi connectivity index (χ4v) is 2.07. The zero-order chi connectivity index (χ0) is 7.90. The Morgan fingerprint density at radius 3 is 2.55 bits per heavy atom. The predicted octanol–water partition coefficient (Wildman–Crippen LogP) is 0.0576. The van der Waals surface area contributed by atoms with Crippen molar-refractivity contribution in [2.45, 2.75) is 18.9 Å². The molecule has 0 aromatic heterocycles. The molecule has 1 aliphatic heterocycles. The third-order valence-electron chi connectivity index (χ3n) is 2.97. The molecule has 1 heterocycles. The molecule has 0 aromatic rings. The van der Waals surface area contributed by atoms with Gasteiger partial charge in [-0.1, -0.05) is 6.58 Å². The van der Waals surface area contributed by atoms with Crippen LogP contribution in [0, 0.1) is 5.41 Å². The van der Waals surface area contributed by atoms with Crippen molar-refractivity contribution in [3.8, 4) is 0 Å². The van der Waals surface area contributed by atoms with Crippen molar-refractivity contribution in [2.24, 2.45) is 11.3 Å². The molecule has 0 amide bonds. The Balaban J connectivity index is 1.82. The molecule has 1 saturated carbocycles. The highest BCUT2D eigenvalue weighted by Crippen LogP contribution is 2.45. The molecule has 0 radical (unpaired) electrons. The predicted molar refractivity (Wildman–Crippen MR) is 44.5 cm³/mol. The Morgan fingerprint density at radius 2 is 2.18 bits per heavy atom. The lowest BCUT2D eigenvalue weighted by molar-refractivity contribution is -0.0189. The van der Waals surface area contributed by atoms with Crippen molar-refractivity contribution in [3.63, 3.8) is 0 Å². The molecule has 2 aliphatic rings. The third-order valence-corrected chi connectivity index (χ3v) is 2.97. The van der Waals surface area contributed by atoms with Crippen molar-refractivity contribution in [2.75, 3.05) is 13.1 Å². The van der Waals surface area contributed by atoms with Gasteiger partial charge in [-0.3, -0.25) is 0 Å². The smallest absolute Gasteiger partial charge is 0.0458 e. The lowest BCUT2D eigenvalue weighted by atomic mass is 9.61. The van der Waals surface area contributed by atoms with E-state index in [0.717, 1.165) is 0 Å². The Morgan fingerprint density at radius 1 is 1.55 bits per heavy atom. The second-order valence-electron chi connectivity index (χ2n) is 3.80. The largest absolute Gasteiger partial charge is 0.316 e. The highest BCUT2D eigenvalue weighted by molar-refractivity contribution is 5.06. The lowest BCUT2D eigenvalue weighted by Gasteiger charge is -2.56. The molecule has 62 valence electrons. The highest BCUT2D eigenvalue weighted by atomic mass is 15.4. The molecule has 0 atom stereocenters. The van der Waals surface area contributed by atoms with E-state index in [1.165, 1.54) is 25.9 Å². The van der Waals surface area contributed by atoms with Crippen LogP contribution in [0.1, 0.15) is 12.8 Å². The molecule has 1 spiro atoms. The number of nitrogens with one attached hydrogen (secondary N) is 1. The van der Waals surface area contributed by atoms with Gasteiger partial charge in [-0.2, -0.15) is 0 Å². The molecule has 2 fully saturated rings. The quantitative estimate of drug-likeness (QED) is 0.435. The van der Waals surface area contributed by atoms with E-state index in [-0.39, 0.29) is 0 Å². The Bertz CT molecular complexity index is 166. The lowest BCUT2D eigenvalue weighted by Crippen LogP contribution is -2.65. The third kappa shape index (κ3) is 0.957. The van der Waals surface area contributed by atoms with E-state index < -0.39 is 0 Å². The van der Waals surface area contributed by atoms with Gasteiger partial charge in [0, 0.05) is 25.3 Å². The maximum Gasteiger partial charge on any atom is 0.0458 e. The van der Waals surface area contributed by atoms with Gasteiger partial charge in [-0.25, -0.2) is 5.84 Å². The van der Waals surface area contributed by atoms with Crippen LogP contribution in [0.2, 0.25) is 0 Å². The summed E-state index contributed by atoms with van der Waals surface area (Å²) < 4.78 is 0. The number of hydrazine groups is 1. The fourth-order valence-electron chi connectivity index (χ4n) is 2.07. The Kier molecular flexibility index (Phi) is 1.44. The number of rotatable bonds is 2. The van der Waals surface area contributed by atoms with Gasteiger partial charge >= 0.3 is 0 Å². The molecule has 3 nitrogen and oxygen atoms in total. The summed E-state index contributed by atoms with van der Waals surface area (Å²) in [7, 11) is 0. The summed E-state index contributed by atoms with van der Waals surface area (Å²) in [6.07, 6.45) is 4.19. The summed E-state index contributed by atoms with van der Waals surface area (Å²) in [5.41, 5.74) is 0.616. The van der Waals surface area contributed by atoms with Crippen LogP contribution in [0.25, 0.3) is 0 Å². The zero-order valence-electron chi connectivity index (χ0n) is 6.71. The standard InChI is InChI=1S/C8H15N3/c1-2-11(9)7-3-8(4-7)5-10-6-8/h2,7,10H,1,3-6,9H2. The van der Waals surface area contributed by atoms with E-state index >= 15 is 0 Å². The molecule has 1 saturated heterocycles. The fraction of sp³-hybridized carbons (Fsp3) is 0.750. The van der Waals surface area contributed by atoms with E-state index in [4.69, 9.17) is 5.84 Å². The van der Waals surface area contributed by atoms with Crippen molar-refractivity contribution in [1.29, 1.82) is 0 Å². The van der Waals surface area contributed by atoms with Gasteiger partial charge < -0.3 is 10.3 Å². The van der Waals surface area contributed by atoms with Gasteiger partial charge in [-0.05, 0) is 18.3 Å². The molecular formula is C8H15N3.